The van der Waals surface area contributed by atoms with Gasteiger partial charge in [0.2, 0.25) is 0 Å². The quantitative estimate of drug-likeness (QED) is 0.531. The number of benzene rings is 2. The first kappa shape index (κ1) is 21.9. The minimum absolute atomic E-state index is 0.179. The summed E-state index contributed by atoms with van der Waals surface area (Å²) < 4.78 is 28.5. The van der Waals surface area contributed by atoms with Crippen LogP contribution in [0.3, 0.4) is 0 Å². The lowest BCUT2D eigenvalue weighted by Crippen LogP contribution is -2.25. The van der Waals surface area contributed by atoms with Crippen LogP contribution in [0, 0.1) is 0 Å². The fourth-order valence-electron chi connectivity index (χ4n) is 2.83. The number of furan rings is 1. The maximum absolute atomic E-state index is 12.4. The first-order chi connectivity index (χ1) is 14.5. The predicted octanol–water partition coefficient (Wildman–Crippen LogP) is 4.23. The molecule has 0 fully saturated rings. The normalized spacial score (nSPS) is 11.7. The van der Waals surface area contributed by atoms with Gasteiger partial charge in [0.1, 0.15) is 17.3 Å². The van der Waals surface area contributed by atoms with Crippen molar-refractivity contribution in [3.05, 3.63) is 76.7 Å². The summed E-state index contributed by atoms with van der Waals surface area (Å²) in [6.45, 7) is 0.411. The summed E-state index contributed by atoms with van der Waals surface area (Å²) in [5.74, 6) is 1.92. The molecule has 30 heavy (non-hydrogen) atoms. The first-order valence-corrected chi connectivity index (χ1v) is 10.9. The van der Waals surface area contributed by atoms with Gasteiger partial charge < -0.3 is 19.2 Å². The van der Waals surface area contributed by atoms with Crippen LogP contribution < -0.4 is 14.8 Å². The van der Waals surface area contributed by atoms with Crippen molar-refractivity contribution in [1.29, 1.82) is 0 Å². The molecule has 1 atom stereocenters. The third kappa shape index (κ3) is 5.64. The lowest BCUT2D eigenvalue weighted by molar-refractivity contribution is 0.0925. The second-order valence-electron chi connectivity index (χ2n) is 6.39. The van der Waals surface area contributed by atoms with Crippen LogP contribution in [-0.4, -0.2) is 30.9 Å². The zero-order valence-electron chi connectivity index (χ0n) is 16.6. The Morgan fingerprint density at radius 2 is 1.83 bits per heavy atom. The van der Waals surface area contributed by atoms with Crippen LogP contribution >= 0.6 is 11.6 Å². The molecule has 0 saturated carbocycles. The molecule has 158 valence electrons. The van der Waals surface area contributed by atoms with Crippen LogP contribution in [0.25, 0.3) is 0 Å². The van der Waals surface area contributed by atoms with Crippen molar-refractivity contribution in [2.45, 2.75) is 17.1 Å². The Morgan fingerprint density at radius 3 is 2.53 bits per heavy atom. The van der Waals surface area contributed by atoms with E-state index in [1.165, 1.54) is 0 Å². The first-order valence-electron chi connectivity index (χ1n) is 9.22. The van der Waals surface area contributed by atoms with Crippen LogP contribution in [0.15, 0.2) is 63.9 Å². The molecule has 0 unspecified atom stereocenters. The highest BCUT2D eigenvalue weighted by Gasteiger charge is 2.14. The summed E-state index contributed by atoms with van der Waals surface area (Å²) in [5.41, 5.74) is 0.956. The van der Waals surface area contributed by atoms with E-state index in [-0.39, 0.29) is 17.4 Å². The van der Waals surface area contributed by atoms with E-state index in [1.54, 1.807) is 56.7 Å². The van der Waals surface area contributed by atoms with Gasteiger partial charge in [-0.3, -0.25) is 9.00 Å². The Balaban J connectivity index is 1.54. The van der Waals surface area contributed by atoms with E-state index in [4.69, 9.17) is 25.5 Å². The second-order valence-corrected chi connectivity index (χ2v) is 8.28. The molecule has 8 heteroatoms. The highest BCUT2D eigenvalue weighted by molar-refractivity contribution is 7.84. The largest absolute Gasteiger partial charge is 0.497 e. The fourth-order valence-corrected chi connectivity index (χ4v) is 3.98. The third-order valence-corrected chi connectivity index (χ3v) is 6.01. The number of hydrogen-bond donors (Lipinski definition) is 1. The molecule has 0 aliphatic rings. The molecule has 1 N–H and O–H groups in total. The van der Waals surface area contributed by atoms with Gasteiger partial charge in [0.25, 0.3) is 5.91 Å². The van der Waals surface area contributed by atoms with E-state index >= 15 is 0 Å². The smallest absolute Gasteiger partial charge is 0.287 e. The van der Waals surface area contributed by atoms with E-state index in [0.717, 1.165) is 5.56 Å². The van der Waals surface area contributed by atoms with Crippen molar-refractivity contribution < 1.29 is 22.9 Å². The van der Waals surface area contributed by atoms with E-state index < -0.39 is 10.8 Å². The summed E-state index contributed by atoms with van der Waals surface area (Å²) in [7, 11) is 1.90. The van der Waals surface area contributed by atoms with Gasteiger partial charge in [0.05, 0.1) is 30.8 Å². The van der Waals surface area contributed by atoms with Gasteiger partial charge in [-0.15, -0.1) is 0 Å². The Hall–Kier alpha value is -2.77. The molecule has 0 aliphatic heterocycles. The highest BCUT2D eigenvalue weighted by Crippen LogP contribution is 2.24. The number of hydrogen-bond acceptors (Lipinski definition) is 5. The van der Waals surface area contributed by atoms with E-state index in [9.17, 15) is 9.00 Å². The number of amides is 1. The van der Waals surface area contributed by atoms with Crippen LogP contribution in [-0.2, 0) is 23.0 Å². The number of carbonyl (C=O) groups is 1. The van der Waals surface area contributed by atoms with Crippen LogP contribution in [0.1, 0.15) is 21.9 Å². The van der Waals surface area contributed by atoms with Crippen molar-refractivity contribution in [2.75, 3.05) is 20.8 Å². The van der Waals surface area contributed by atoms with Gasteiger partial charge in [-0.1, -0.05) is 17.7 Å². The zero-order chi connectivity index (χ0) is 21.5. The Morgan fingerprint density at radius 1 is 1.07 bits per heavy atom. The standard InChI is InChI=1S/C22H22ClNO5S/c1-27-17-6-3-15(21(13-17)28-2)11-12-24-22(25)20-10-7-18(29-20)14-30(26)19-8-4-16(23)5-9-19/h3-10,13H,11-12,14H2,1-2H3,(H,24,25)/t30-/m1/s1. The average molecular weight is 448 g/mol. The molecule has 1 aromatic heterocycles. The van der Waals surface area contributed by atoms with Crippen LogP contribution in [0.2, 0.25) is 5.02 Å². The monoisotopic (exact) mass is 447 g/mol. The summed E-state index contributed by atoms with van der Waals surface area (Å²) in [4.78, 5) is 13.0. The Kier molecular flexibility index (Phi) is 7.54. The second kappa shape index (κ2) is 10.3. The maximum Gasteiger partial charge on any atom is 0.287 e. The molecular weight excluding hydrogens is 426 g/mol. The lowest BCUT2D eigenvalue weighted by atomic mass is 10.1. The van der Waals surface area contributed by atoms with E-state index in [0.29, 0.717) is 40.1 Å². The molecule has 6 nitrogen and oxygen atoms in total. The molecule has 3 aromatic rings. The van der Waals surface area contributed by atoms with Gasteiger partial charge >= 0.3 is 0 Å². The molecule has 0 spiro atoms. The van der Waals surface area contributed by atoms with Gasteiger partial charge in [-0.25, -0.2) is 0 Å². The third-order valence-electron chi connectivity index (χ3n) is 4.41. The molecule has 1 amide bonds. The molecule has 0 bridgehead atoms. The van der Waals surface area contributed by atoms with Crippen molar-refractivity contribution in [3.8, 4) is 11.5 Å². The van der Waals surface area contributed by atoms with Gasteiger partial charge in [0, 0.05) is 22.5 Å². The maximum atomic E-state index is 12.4. The Bertz CT molecular complexity index is 1030. The van der Waals surface area contributed by atoms with Gasteiger partial charge in [-0.2, -0.15) is 0 Å². The van der Waals surface area contributed by atoms with Crippen LogP contribution in [0.5, 0.6) is 11.5 Å². The average Bonchev–Trinajstić information content (AvgIpc) is 3.22. The molecule has 2 aromatic carbocycles. The van der Waals surface area contributed by atoms with Crippen molar-refractivity contribution in [1.82, 2.24) is 5.32 Å². The SMILES string of the molecule is COc1ccc(CCNC(=O)c2ccc(C[S@@](=O)c3ccc(Cl)cc3)o2)c(OC)c1. The molecule has 1 heterocycles. The minimum Gasteiger partial charge on any atom is -0.497 e. The number of methoxy groups -OCH3 is 2. The van der Waals surface area contributed by atoms with Gasteiger partial charge in [0.15, 0.2) is 5.76 Å². The van der Waals surface area contributed by atoms with Crippen molar-refractivity contribution in [2.24, 2.45) is 0 Å². The zero-order valence-corrected chi connectivity index (χ0v) is 18.2. The number of nitrogens with one attached hydrogen (secondary N) is 1. The Labute approximate surface area is 182 Å². The van der Waals surface area contributed by atoms with E-state index in [1.807, 2.05) is 12.1 Å². The summed E-state index contributed by atoms with van der Waals surface area (Å²) in [6, 6.07) is 15.6. The molecule has 0 saturated heterocycles. The van der Waals surface area contributed by atoms with Crippen LogP contribution in [0.4, 0.5) is 0 Å². The predicted molar refractivity (Wildman–Crippen MR) is 116 cm³/mol. The highest BCUT2D eigenvalue weighted by atomic mass is 35.5. The minimum atomic E-state index is -1.29. The van der Waals surface area contributed by atoms with Crippen molar-refractivity contribution in [3.63, 3.8) is 0 Å². The number of carbonyl (C=O) groups excluding carboxylic acids is 1. The van der Waals surface area contributed by atoms with E-state index in [2.05, 4.69) is 5.32 Å². The number of ether oxygens (including phenoxy) is 2. The topological polar surface area (TPSA) is 77.8 Å². The number of rotatable bonds is 9. The molecule has 0 radical (unpaired) electrons. The van der Waals surface area contributed by atoms with Gasteiger partial charge in [-0.05, 0) is 54.4 Å². The molecule has 3 rings (SSSR count). The molecular formula is C22H22ClNO5S. The molecule has 0 aliphatic carbocycles. The van der Waals surface area contributed by atoms with Crippen molar-refractivity contribution >= 4 is 28.3 Å². The fraction of sp³-hybridized carbons (Fsp3) is 0.227. The summed E-state index contributed by atoms with van der Waals surface area (Å²) in [5, 5.41) is 3.41. The summed E-state index contributed by atoms with van der Waals surface area (Å²) in [6.07, 6.45) is 0.590. The lowest BCUT2D eigenvalue weighted by Gasteiger charge is -2.10. The number of halogens is 1. The summed E-state index contributed by atoms with van der Waals surface area (Å²) >= 11 is 5.85.